The van der Waals surface area contributed by atoms with Gasteiger partial charge < -0.3 is 4.74 Å². The summed E-state index contributed by atoms with van der Waals surface area (Å²) in [7, 11) is 0. The Morgan fingerprint density at radius 3 is 2.55 bits per heavy atom. The molecule has 2 heteroatoms. The van der Waals surface area contributed by atoms with Crippen molar-refractivity contribution in [2.45, 2.75) is 33.1 Å². The fourth-order valence-corrected chi connectivity index (χ4v) is 1.34. The normalized spacial score (nSPS) is 10.4. The topological polar surface area (TPSA) is 9.23 Å². The molecule has 68 valence electrons. The van der Waals surface area contributed by atoms with Crippen LogP contribution in [0.1, 0.15) is 33.1 Å². The van der Waals surface area contributed by atoms with Gasteiger partial charge in [0, 0.05) is 12.4 Å². The third kappa shape index (κ3) is 10.3. The lowest BCUT2D eigenvalue weighted by molar-refractivity contribution is 0.145. The molecular weight excluding hydrogens is 156 g/mol. The highest BCUT2D eigenvalue weighted by atomic mass is 32.2. The van der Waals surface area contributed by atoms with E-state index < -0.39 is 0 Å². The number of rotatable bonds is 8. The summed E-state index contributed by atoms with van der Waals surface area (Å²) >= 11 is 1.95. The molecule has 0 aromatic carbocycles. The van der Waals surface area contributed by atoms with Crippen molar-refractivity contribution >= 4 is 11.8 Å². The van der Waals surface area contributed by atoms with E-state index in [9.17, 15) is 0 Å². The van der Waals surface area contributed by atoms with Gasteiger partial charge in [0.15, 0.2) is 0 Å². The molecule has 0 aromatic rings. The minimum atomic E-state index is 0.933. The predicted molar refractivity (Wildman–Crippen MR) is 53.3 cm³/mol. The molecule has 0 aromatic heterocycles. The molecular formula is C9H20OS. The van der Waals surface area contributed by atoms with Crippen LogP contribution < -0.4 is 0 Å². The van der Waals surface area contributed by atoms with Crippen LogP contribution >= 0.6 is 11.8 Å². The van der Waals surface area contributed by atoms with Gasteiger partial charge in [-0.1, -0.05) is 26.7 Å². The second-order valence-corrected chi connectivity index (χ2v) is 3.91. The second kappa shape index (κ2) is 10.3. The Morgan fingerprint density at radius 1 is 1.09 bits per heavy atom. The Hall–Kier alpha value is 0.310. The van der Waals surface area contributed by atoms with E-state index in [4.69, 9.17) is 4.74 Å². The highest BCUT2D eigenvalue weighted by Crippen LogP contribution is 1.98. The molecule has 11 heavy (non-hydrogen) atoms. The average Bonchev–Trinajstić information content (AvgIpc) is 2.03. The Balaban J connectivity index is 2.69. The van der Waals surface area contributed by atoms with Gasteiger partial charge in [-0.15, -0.1) is 0 Å². The molecule has 0 aliphatic rings. The Labute approximate surface area is 74.9 Å². The van der Waals surface area contributed by atoms with Crippen LogP contribution in [0, 0.1) is 0 Å². The summed E-state index contributed by atoms with van der Waals surface area (Å²) in [6.07, 6.45) is 3.82. The first-order valence-corrected chi connectivity index (χ1v) is 5.72. The molecule has 0 fully saturated rings. The Kier molecular flexibility index (Phi) is 10.6. The van der Waals surface area contributed by atoms with E-state index in [1.54, 1.807) is 0 Å². The van der Waals surface area contributed by atoms with Crippen molar-refractivity contribution in [1.29, 1.82) is 0 Å². The third-order valence-corrected chi connectivity index (χ3v) is 2.33. The predicted octanol–water partition coefficient (Wildman–Crippen LogP) is 2.95. The van der Waals surface area contributed by atoms with Crippen molar-refractivity contribution in [3.8, 4) is 0 Å². The fraction of sp³-hybridized carbons (Fsp3) is 1.00. The molecule has 0 amide bonds. The molecule has 0 bridgehead atoms. The van der Waals surface area contributed by atoms with Gasteiger partial charge in [0.05, 0.1) is 6.61 Å². The van der Waals surface area contributed by atoms with Crippen LogP contribution in [0.25, 0.3) is 0 Å². The number of hydrogen-bond acceptors (Lipinski definition) is 2. The summed E-state index contributed by atoms with van der Waals surface area (Å²) in [5, 5.41) is 0. The number of ether oxygens (including phenoxy) is 1. The van der Waals surface area contributed by atoms with E-state index in [0.717, 1.165) is 19.0 Å². The van der Waals surface area contributed by atoms with Crippen molar-refractivity contribution in [2.24, 2.45) is 0 Å². The van der Waals surface area contributed by atoms with E-state index in [1.807, 2.05) is 11.8 Å². The monoisotopic (exact) mass is 176 g/mol. The first kappa shape index (κ1) is 11.3. The smallest absolute Gasteiger partial charge is 0.0556 e. The highest BCUT2D eigenvalue weighted by Gasteiger charge is 1.88. The molecule has 0 saturated heterocycles. The minimum Gasteiger partial charge on any atom is -0.381 e. The molecule has 0 N–H and O–H groups in total. The maximum Gasteiger partial charge on any atom is 0.0556 e. The van der Waals surface area contributed by atoms with Gasteiger partial charge >= 0.3 is 0 Å². The number of thioether (sulfide) groups is 1. The first-order valence-electron chi connectivity index (χ1n) is 4.57. The van der Waals surface area contributed by atoms with Crippen molar-refractivity contribution in [2.75, 3.05) is 24.7 Å². The largest absolute Gasteiger partial charge is 0.381 e. The van der Waals surface area contributed by atoms with Crippen LogP contribution in [0.4, 0.5) is 0 Å². The summed E-state index contributed by atoms with van der Waals surface area (Å²) in [6, 6.07) is 0. The zero-order chi connectivity index (χ0) is 8.36. The molecule has 0 atom stereocenters. The molecule has 0 saturated carbocycles. The third-order valence-electron chi connectivity index (χ3n) is 1.47. The van der Waals surface area contributed by atoms with Crippen LogP contribution in [-0.4, -0.2) is 24.7 Å². The molecule has 0 aliphatic heterocycles. The highest BCUT2D eigenvalue weighted by molar-refractivity contribution is 7.99. The van der Waals surface area contributed by atoms with E-state index in [0.29, 0.717) is 0 Å². The summed E-state index contributed by atoms with van der Waals surface area (Å²) in [4.78, 5) is 0. The van der Waals surface area contributed by atoms with Crippen LogP contribution in [0.15, 0.2) is 0 Å². The van der Waals surface area contributed by atoms with Crippen molar-refractivity contribution in [3.63, 3.8) is 0 Å². The lowest BCUT2D eigenvalue weighted by Crippen LogP contribution is -1.99. The quantitative estimate of drug-likeness (QED) is 0.526. The molecule has 0 rings (SSSR count). The maximum absolute atomic E-state index is 5.42. The average molecular weight is 176 g/mol. The van der Waals surface area contributed by atoms with Crippen LogP contribution in [0.5, 0.6) is 0 Å². The zero-order valence-electron chi connectivity index (χ0n) is 7.77. The Bertz CT molecular complexity index is 58.6. The first-order chi connectivity index (χ1) is 5.41. The standard InChI is InChI=1S/C9H20OS/c1-3-5-6-7-10-8-9-11-4-2/h3-9H2,1-2H3. The lowest BCUT2D eigenvalue weighted by atomic mass is 10.3. The van der Waals surface area contributed by atoms with Gasteiger partial charge in [-0.3, -0.25) is 0 Å². The van der Waals surface area contributed by atoms with Gasteiger partial charge in [-0.05, 0) is 12.2 Å². The van der Waals surface area contributed by atoms with E-state index in [1.165, 1.54) is 25.0 Å². The van der Waals surface area contributed by atoms with Crippen molar-refractivity contribution in [3.05, 3.63) is 0 Å². The molecule has 0 heterocycles. The maximum atomic E-state index is 5.42. The van der Waals surface area contributed by atoms with Crippen LogP contribution in [0.2, 0.25) is 0 Å². The zero-order valence-corrected chi connectivity index (χ0v) is 8.58. The van der Waals surface area contributed by atoms with Gasteiger partial charge in [0.25, 0.3) is 0 Å². The molecule has 0 aliphatic carbocycles. The summed E-state index contributed by atoms with van der Waals surface area (Å²) in [5.74, 6) is 2.36. The van der Waals surface area contributed by atoms with Crippen molar-refractivity contribution in [1.82, 2.24) is 0 Å². The summed E-state index contributed by atoms with van der Waals surface area (Å²) in [5.41, 5.74) is 0. The van der Waals surface area contributed by atoms with Crippen molar-refractivity contribution < 1.29 is 4.74 Å². The SMILES string of the molecule is CCCCCOCCSCC. The minimum absolute atomic E-state index is 0.933. The molecule has 0 radical (unpaired) electrons. The van der Waals surface area contributed by atoms with Crippen LogP contribution in [-0.2, 0) is 4.74 Å². The van der Waals surface area contributed by atoms with E-state index in [-0.39, 0.29) is 0 Å². The van der Waals surface area contributed by atoms with Crippen LogP contribution in [0.3, 0.4) is 0 Å². The fourth-order valence-electron chi connectivity index (χ4n) is 0.818. The molecule has 0 unspecified atom stereocenters. The summed E-state index contributed by atoms with van der Waals surface area (Å²) in [6.45, 7) is 6.29. The van der Waals surface area contributed by atoms with Gasteiger partial charge in [0.2, 0.25) is 0 Å². The Morgan fingerprint density at radius 2 is 1.91 bits per heavy atom. The number of unbranched alkanes of at least 4 members (excludes halogenated alkanes) is 2. The molecule has 0 spiro atoms. The van der Waals surface area contributed by atoms with E-state index >= 15 is 0 Å². The van der Waals surface area contributed by atoms with E-state index in [2.05, 4.69) is 13.8 Å². The lowest BCUT2D eigenvalue weighted by Gasteiger charge is -2.01. The second-order valence-electron chi connectivity index (χ2n) is 2.52. The summed E-state index contributed by atoms with van der Waals surface area (Å²) < 4.78 is 5.42. The van der Waals surface area contributed by atoms with Gasteiger partial charge in [-0.25, -0.2) is 0 Å². The van der Waals surface area contributed by atoms with Gasteiger partial charge in [0.1, 0.15) is 0 Å². The molecule has 1 nitrogen and oxygen atoms in total. The van der Waals surface area contributed by atoms with Gasteiger partial charge in [-0.2, -0.15) is 11.8 Å². The number of hydrogen-bond donors (Lipinski definition) is 0.